The van der Waals surface area contributed by atoms with E-state index in [2.05, 4.69) is 5.32 Å². The van der Waals surface area contributed by atoms with E-state index in [0.29, 0.717) is 0 Å². The van der Waals surface area contributed by atoms with Gasteiger partial charge in [-0.2, -0.15) is 0 Å². The monoisotopic (exact) mass is 227 g/mol. The van der Waals surface area contributed by atoms with Crippen molar-refractivity contribution >= 4 is 29.6 Å². The average Bonchev–Trinajstić information content (AvgIpc) is 2.38. The number of rotatable bonds is 1. The minimum atomic E-state index is -0.183. The Morgan fingerprint density at radius 3 is 3.21 bits per heavy atom. The molecular formula is C10H10ClNOS. The molecule has 74 valence electrons. The van der Waals surface area contributed by atoms with Crippen molar-refractivity contribution in [2.75, 3.05) is 12.3 Å². The highest BCUT2D eigenvalue weighted by atomic mass is 35.5. The lowest BCUT2D eigenvalue weighted by Gasteiger charge is -2.11. The highest BCUT2D eigenvalue weighted by Crippen LogP contribution is 2.31. The van der Waals surface area contributed by atoms with Crippen molar-refractivity contribution in [2.24, 2.45) is 0 Å². The first-order valence-electron chi connectivity index (χ1n) is 4.42. The number of hydrogen-bond acceptors (Lipinski definition) is 3. The van der Waals surface area contributed by atoms with Crippen molar-refractivity contribution < 1.29 is 4.79 Å². The van der Waals surface area contributed by atoms with E-state index in [1.165, 1.54) is 0 Å². The summed E-state index contributed by atoms with van der Waals surface area (Å²) in [6, 6.07) is 5.48. The molecule has 14 heavy (non-hydrogen) atoms. The molecular weight excluding hydrogens is 218 g/mol. The highest BCUT2D eigenvalue weighted by molar-refractivity contribution is 7.99. The van der Waals surface area contributed by atoms with E-state index >= 15 is 0 Å². The van der Waals surface area contributed by atoms with Crippen LogP contribution in [0.15, 0.2) is 23.1 Å². The fourth-order valence-corrected chi connectivity index (χ4v) is 2.75. The minimum absolute atomic E-state index is 0.183. The van der Waals surface area contributed by atoms with Gasteiger partial charge in [0.05, 0.1) is 6.04 Å². The van der Waals surface area contributed by atoms with Crippen LogP contribution in [-0.2, 0) is 4.79 Å². The summed E-state index contributed by atoms with van der Waals surface area (Å²) in [6.07, 6.45) is 0.943. The summed E-state index contributed by atoms with van der Waals surface area (Å²) in [5.74, 6) is 0.970. The quantitative estimate of drug-likeness (QED) is 0.747. The van der Waals surface area contributed by atoms with E-state index < -0.39 is 0 Å². The molecule has 4 heteroatoms. The largest absolute Gasteiger partial charge is 0.303 e. The van der Waals surface area contributed by atoms with Gasteiger partial charge in [0.1, 0.15) is 6.29 Å². The maximum absolute atomic E-state index is 10.9. The van der Waals surface area contributed by atoms with Crippen LogP contribution in [0.1, 0.15) is 11.6 Å². The Hall–Kier alpha value is -0.510. The van der Waals surface area contributed by atoms with Crippen LogP contribution < -0.4 is 5.32 Å². The zero-order chi connectivity index (χ0) is 9.97. The van der Waals surface area contributed by atoms with Gasteiger partial charge in [-0.3, -0.25) is 0 Å². The van der Waals surface area contributed by atoms with E-state index in [1.54, 1.807) is 11.8 Å². The number of thioether (sulfide) groups is 1. The summed E-state index contributed by atoms with van der Waals surface area (Å²) in [4.78, 5) is 12.0. The lowest BCUT2D eigenvalue weighted by Crippen LogP contribution is -2.23. The number of hydrogen-bond donors (Lipinski definition) is 1. The van der Waals surface area contributed by atoms with Gasteiger partial charge in [0.15, 0.2) is 0 Å². The minimum Gasteiger partial charge on any atom is -0.303 e. The van der Waals surface area contributed by atoms with Crippen LogP contribution in [0.3, 0.4) is 0 Å². The van der Waals surface area contributed by atoms with E-state index in [0.717, 1.165) is 34.1 Å². The van der Waals surface area contributed by atoms with Crippen LogP contribution in [-0.4, -0.2) is 18.6 Å². The first-order valence-corrected chi connectivity index (χ1v) is 5.78. The van der Waals surface area contributed by atoms with Crippen molar-refractivity contribution in [3.63, 3.8) is 0 Å². The van der Waals surface area contributed by atoms with E-state index in [1.807, 2.05) is 18.2 Å². The van der Waals surface area contributed by atoms with Crippen molar-refractivity contribution in [3.8, 4) is 0 Å². The molecule has 0 spiro atoms. The Morgan fingerprint density at radius 1 is 1.57 bits per heavy atom. The van der Waals surface area contributed by atoms with E-state index in [-0.39, 0.29) is 6.04 Å². The molecule has 1 heterocycles. The summed E-state index contributed by atoms with van der Waals surface area (Å²) in [5.41, 5.74) is 1.03. The van der Waals surface area contributed by atoms with Gasteiger partial charge in [-0.05, 0) is 17.7 Å². The number of aldehydes is 1. The summed E-state index contributed by atoms with van der Waals surface area (Å²) >= 11 is 7.64. The molecule has 1 aromatic rings. The topological polar surface area (TPSA) is 29.1 Å². The molecule has 0 saturated heterocycles. The van der Waals surface area contributed by atoms with Crippen molar-refractivity contribution in [1.29, 1.82) is 0 Å². The molecule has 1 atom stereocenters. The molecule has 2 rings (SSSR count). The van der Waals surface area contributed by atoms with E-state index in [4.69, 9.17) is 11.6 Å². The lowest BCUT2D eigenvalue weighted by molar-refractivity contribution is -0.109. The molecule has 0 fully saturated rings. The first-order chi connectivity index (χ1) is 6.81. The number of fused-ring (bicyclic) bond motifs is 1. The Kier molecular flexibility index (Phi) is 3.11. The van der Waals surface area contributed by atoms with Gasteiger partial charge in [-0.1, -0.05) is 17.7 Å². The van der Waals surface area contributed by atoms with Gasteiger partial charge in [-0.25, -0.2) is 0 Å². The molecule has 0 saturated carbocycles. The molecule has 0 aromatic heterocycles. The second-order valence-electron chi connectivity index (χ2n) is 3.10. The molecule has 0 radical (unpaired) electrons. The van der Waals surface area contributed by atoms with Crippen molar-refractivity contribution in [2.45, 2.75) is 10.9 Å². The van der Waals surface area contributed by atoms with Crippen LogP contribution in [0.5, 0.6) is 0 Å². The SMILES string of the molecule is O=CC1NCCSc2cc(Cl)ccc21. The van der Waals surface area contributed by atoms with Crippen molar-refractivity contribution in [1.82, 2.24) is 5.32 Å². The Morgan fingerprint density at radius 2 is 2.43 bits per heavy atom. The fraction of sp³-hybridized carbons (Fsp3) is 0.300. The second-order valence-corrected chi connectivity index (χ2v) is 4.67. The predicted molar refractivity (Wildman–Crippen MR) is 59.0 cm³/mol. The van der Waals surface area contributed by atoms with Crippen LogP contribution in [0.2, 0.25) is 5.02 Å². The second kappa shape index (κ2) is 4.34. The average molecular weight is 228 g/mol. The van der Waals surface area contributed by atoms with Crippen LogP contribution in [0.4, 0.5) is 0 Å². The third-order valence-electron chi connectivity index (χ3n) is 2.17. The summed E-state index contributed by atoms with van der Waals surface area (Å²) in [6.45, 7) is 0.848. The molecule has 2 nitrogen and oxygen atoms in total. The molecule has 0 amide bonds. The molecule has 0 bridgehead atoms. The molecule has 1 aromatic carbocycles. The molecule has 1 aliphatic rings. The van der Waals surface area contributed by atoms with Crippen LogP contribution in [0.25, 0.3) is 0 Å². The van der Waals surface area contributed by atoms with Crippen LogP contribution in [0, 0.1) is 0 Å². The maximum Gasteiger partial charge on any atom is 0.141 e. The highest BCUT2D eigenvalue weighted by Gasteiger charge is 2.17. The third kappa shape index (κ3) is 1.95. The van der Waals surface area contributed by atoms with Gasteiger partial charge in [0.25, 0.3) is 0 Å². The van der Waals surface area contributed by atoms with Gasteiger partial charge in [-0.15, -0.1) is 11.8 Å². The molecule has 1 N–H and O–H groups in total. The van der Waals surface area contributed by atoms with Gasteiger partial charge in [0.2, 0.25) is 0 Å². The van der Waals surface area contributed by atoms with Gasteiger partial charge in [0, 0.05) is 22.2 Å². The molecule has 0 aliphatic carbocycles. The van der Waals surface area contributed by atoms with Gasteiger partial charge < -0.3 is 10.1 Å². The van der Waals surface area contributed by atoms with Crippen LogP contribution >= 0.6 is 23.4 Å². The number of carbonyl (C=O) groups is 1. The summed E-state index contributed by atoms with van der Waals surface area (Å²) < 4.78 is 0. The van der Waals surface area contributed by atoms with Crippen molar-refractivity contribution in [3.05, 3.63) is 28.8 Å². The van der Waals surface area contributed by atoms with Gasteiger partial charge >= 0.3 is 0 Å². The standard InChI is InChI=1S/C10H10ClNOS/c11-7-1-2-8-9(6-13)12-3-4-14-10(8)5-7/h1-2,5-6,9,12H,3-4H2. The number of carbonyl (C=O) groups excluding carboxylic acids is 1. The zero-order valence-electron chi connectivity index (χ0n) is 7.50. The predicted octanol–water partition coefficient (Wildman–Crippen LogP) is 2.28. The Labute approximate surface area is 92.0 Å². The number of nitrogens with one attached hydrogen (secondary N) is 1. The zero-order valence-corrected chi connectivity index (χ0v) is 9.07. The maximum atomic E-state index is 10.9. The summed E-state index contributed by atoms with van der Waals surface area (Å²) in [7, 11) is 0. The third-order valence-corrected chi connectivity index (χ3v) is 3.48. The summed E-state index contributed by atoms with van der Waals surface area (Å²) in [5, 5.41) is 3.90. The molecule has 1 unspecified atom stereocenters. The Balaban J connectivity index is 2.44. The lowest BCUT2D eigenvalue weighted by atomic mass is 10.1. The number of halogens is 1. The Bertz CT molecular complexity index is 356. The first kappa shape index (κ1) is 10.0. The smallest absolute Gasteiger partial charge is 0.141 e. The number of benzene rings is 1. The fourth-order valence-electron chi connectivity index (χ4n) is 1.50. The normalized spacial score (nSPS) is 21.1. The molecule has 1 aliphatic heterocycles. The van der Waals surface area contributed by atoms with E-state index in [9.17, 15) is 4.79 Å².